The summed E-state index contributed by atoms with van der Waals surface area (Å²) in [5.41, 5.74) is -1.000. The van der Waals surface area contributed by atoms with Gasteiger partial charge in [0, 0.05) is 19.5 Å². The third-order valence-electron chi connectivity index (χ3n) is 3.85. The number of piperidine rings is 1. The molecule has 5 heteroatoms. The standard InChI is InChI=1S/C15H28N2O3/c1-12(11-17-7-5-4-6-8-17)10-16-13(18)9-15(2,3)14(19)20/h12H,4-11H2,1-3H3,(H,16,18)(H,19,20). The van der Waals surface area contributed by atoms with E-state index in [1.807, 2.05) is 0 Å². The summed E-state index contributed by atoms with van der Waals surface area (Å²) in [7, 11) is 0. The van der Waals surface area contributed by atoms with Crippen LogP contribution in [0.3, 0.4) is 0 Å². The lowest BCUT2D eigenvalue weighted by molar-refractivity contribution is -0.149. The molecule has 0 spiro atoms. The van der Waals surface area contributed by atoms with Crippen molar-refractivity contribution in [3.8, 4) is 0 Å². The van der Waals surface area contributed by atoms with Gasteiger partial charge in [-0.2, -0.15) is 0 Å². The van der Waals surface area contributed by atoms with Crippen LogP contribution in [0.15, 0.2) is 0 Å². The number of nitrogens with zero attached hydrogens (tertiary/aromatic N) is 1. The van der Waals surface area contributed by atoms with Gasteiger partial charge in [0.05, 0.1) is 5.41 Å². The Morgan fingerprint density at radius 2 is 1.85 bits per heavy atom. The van der Waals surface area contributed by atoms with E-state index in [1.165, 1.54) is 19.3 Å². The molecule has 0 bridgehead atoms. The van der Waals surface area contributed by atoms with E-state index in [2.05, 4.69) is 17.1 Å². The number of nitrogens with one attached hydrogen (secondary N) is 1. The summed E-state index contributed by atoms with van der Waals surface area (Å²) in [4.78, 5) is 25.2. The Bertz CT molecular complexity index is 336. The number of aliphatic carboxylic acids is 1. The van der Waals surface area contributed by atoms with Gasteiger partial charge in [-0.15, -0.1) is 0 Å². The van der Waals surface area contributed by atoms with Crippen molar-refractivity contribution in [3.63, 3.8) is 0 Å². The van der Waals surface area contributed by atoms with Gasteiger partial charge in [0.15, 0.2) is 0 Å². The quantitative estimate of drug-likeness (QED) is 0.747. The minimum atomic E-state index is -1.000. The van der Waals surface area contributed by atoms with Gasteiger partial charge in [-0.1, -0.05) is 13.3 Å². The van der Waals surface area contributed by atoms with E-state index < -0.39 is 11.4 Å². The Balaban J connectivity index is 2.24. The lowest BCUT2D eigenvalue weighted by Crippen LogP contribution is -2.39. The summed E-state index contributed by atoms with van der Waals surface area (Å²) in [6, 6.07) is 0. The van der Waals surface area contributed by atoms with Crippen molar-refractivity contribution in [1.29, 1.82) is 0 Å². The van der Waals surface area contributed by atoms with Crippen LogP contribution >= 0.6 is 0 Å². The fraction of sp³-hybridized carbons (Fsp3) is 0.867. The number of amides is 1. The first-order valence-electron chi connectivity index (χ1n) is 7.54. The van der Waals surface area contributed by atoms with E-state index >= 15 is 0 Å². The van der Waals surface area contributed by atoms with Crippen molar-refractivity contribution in [3.05, 3.63) is 0 Å². The predicted octanol–water partition coefficient (Wildman–Crippen LogP) is 1.73. The van der Waals surface area contributed by atoms with Gasteiger partial charge in [0.2, 0.25) is 5.91 Å². The molecule has 0 aliphatic carbocycles. The minimum absolute atomic E-state index is 0.0266. The Morgan fingerprint density at radius 1 is 1.25 bits per heavy atom. The number of carbonyl (C=O) groups excluding carboxylic acids is 1. The summed E-state index contributed by atoms with van der Waals surface area (Å²) in [6.45, 7) is 9.21. The molecule has 1 saturated heterocycles. The molecule has 5 nitrogen and oxygen atoms in total. The van der Waals surface area contributed by atoms with E-state index in [-0.39, 0.29) is 12.3 Å². The van der Waals surface area contributed by atoms with Crippen LogP contribution in [0.5, 0.6) is 0 Å². The second kappa shape index (κ2) is 7.62. The molecule has 1 atom stereocenters. The molecular weight excluding hydrogens is 256 g/mol. The summed E-state index contributed by atoms with van der Waals surface area (Å²) < 4.78 is 0. The second-order valence-corrected chi connectivity index (χ2v) is 6.64. The maximum Gasteiger partial charge on any atom is 0.309 e. The zero-order valence-electron chi connectivity index (χ0n) is 12.9. The molecule has 116 valence electrons. The van der Waals surface area contributed by atoms with Crippen molar-refractivity contribution < 1.29 is 14.7 Å². The summed E-state index contributed by atoms with van der Waals surface area (Å²) >= 11 is 0. The zero-order chi connectivity index (χ0) is 15.2. The Labute approximate surface area is 121 Å². The molecule has 0 saturated carbocycles. The van der Waals surface area contributed by atoms with Crippen molar-refractivity contribution in [2.45, 2.75) is 46.5 Å². The van der Waals surface area contributed by atoms with E-state index in [9.17, 15) is 9.59 Å². The summed E-state index contributed by atoms with van der Waals surface area (Å²) in [5.74, 6) is -0.720. The third-order valence-corrected chi connectivity index (χ3v) is 3.85. The highest BCUT2D eigenvalue weighted by molar-refractivity contribution is 5.84. The normalized spacial score (nSPS) is 18.6. The lowest BCUT2D eigenvalue weighted by Gasteiger charge is -2.29. The fourth-order valence-electron chi connectivity index (χ4n) is 2.47. The average Bonchev–Trinajstić information content (AvgIpc) is 2.37. The van der Waals surface area contributed by atoms with Gasteiger partial charge >= 0.3 is 5.97 Å². The molecule has 1 fully saturated rings. The topological polar surface area (TPSA) is 69.6 Å². The third kappa shape index (κ3) is 5.90. The highest BCUT2D eigenvalue weighted by Crippen LogP contribution is 2.20. The molecule has 20 heavy (non-hydrogen) atoms. The van der Waals surface area contributed by atoms with Crippen LogP contribution in [0.1, 0.15) is 46.5 Å². The van der Waals surface area contributed by atoms with E-state index in [4.69, 9.17) is 5.11 Å². The van der Waals surface area contributed by atoms with Crippen molar-refractivity contribution in [2.24, 2.45) is 11.3 Å². The number of carboxylic acid groups (broad SMARTS) is 1. The molecule has 0 aromatic rings. The molecule has 0 aromatic heterocycles. The van der Waals surface area contributed by atoms with Gasteiger partial charge < -0.3 is 15.3 Å². The van der Waals surface area contributed by atoms with E-state index in [1.54, 1.807) is 13.8 Å². The van der Waals surface area contributed by atoms with Crippen LogP contribution in [0.2, 0.25) is 0 Å². The van der Waals surface area contributed by atoms with E-state index in [0.29, 0.717) is 12.5 Å². The van der Waals surface area contributed by atoms with Crippen LogP contribution < -0.4 is 5.32 Å². The molecule has 1 amide bonds. The van der Waals surface area contributed by atoms with E-state index in [0.717, 1.165) is 19.6 Å². The van der Waals surface area contributed by atoms with Crippen LogP contribution in [-0.2, 0) is 9.59 Å². The molecule has 1 aliphatic heterocycles. The Morgan fingerprint density at radius 3 is 2.40 bits per heavy atom. The molecule has 1 aliphatic rings. The molecular formula is C15H28N2O3. The number of rotatable bonds is 7. The number of carbonyl (C=O) groups is 2. The maximum absolute atomic E-state index is 11.8. The number of carboxylic acids is 1. The first kappa shape index (κ1) is 17.0. The van der Waals surface area contributed by atoms with Gasteiger partial charge in [-0.3, -0.25) is 9.59 Å². The summed E-state index contributed by atoms with van der Waals surface area (Å²) in [6.07, 6.45) is 3.89. The number of hydrogen-bond acceptors (Lipinski definition) is 3. The van der Waals surface area contributed by atoms with Crippen molar-refractivity contribution >= 4 is 11.9 Å². The first-order valence-corrected chi connectivity index (χ1v) is 7.54. The van der Waals surface area contributed by atoms with Crippen molar-refractivity contribution in [1.82, 2.24) is 10.2 Å². The van der Waals surface area contributed by atoms with Gasteiger partial charge in [0.25, 0.3) is 0 Å². The highest BCUT2D eigenvalue weighted by atomic mass is 16.4. The molecule has 1 heterocycles. The summed E-state index contributed by atoms with van der Waals surface area (Å²) in [5, 5.41) is 11.9. The minimum Gasteiger partial charge on any atom is -0.481 e. The molecule has 0 radical (unpaired) electrons. The van der Waals surface area contributed by atoms with Crippen LogP contribution in [0.4, 0.5) is 0 Å². The monoisotopic (exact) mass is 284 g/mol. The highest BCUT2D eigenvalue weighted by Gasteiger charge is 2.30. The van der Waals surface area contributed by atoms with Crippen molar-refractivity contribution in [2.75, 3.05) is 26.2 Å². The smallest absolute Gasteiger partial charge is 0.309 e. The van der Waals surface area contributed by atoms with Gasteiger partial charge in [-0.05, 0) is 45.7 Å². The number of likely N-dealkylation sites (tertiary alicyclic amines) is 1. The van der Waals surface area contributed by atoms with Crippen LogP contribution in [-0.4, -0.2) is 48.1 Å². The maximum atomic E-state index is 11.8. The van der Waals surface area contributed by atoms with Crippen LogP contribution in [0.25, 0.3) is 0 Å². The van der Waals surface area contributed by atoms with Gasteiger partial charge in [-0.25, -0.2) is 0 Å². The molecule has 1 unspecified atom stereocenters. The zero-order valence-corrected chi connectivity index (χ0v) is 12.9. The molecule has 1 rings (SSSR count). The molecule has 0 aromatic carbocycles. The SMILES string of the molecule is CC(CNC(=O)CC(C)(C)C(=O)O)CN1CCCCC1. The first-order chi connectivity index (χ1) is 9.31. The Hall–Kier alpha value is -1.10. The lowest BCUT2D eigenvalue weighted by atomic mass is 9.89. The largest absolute Gasteiger partial charge is 0.481 e. The fourth-order valence-corrected chi connectivity index (χ4v) is 2.47. The van der Waals surface area contributed by atoms with Gasteiger partial charge in [0.1, 0.15) is 0 Å². The predicted molar refractivity (Wildman–Crippen MR) is 78.5 cm³/mol. The van der Waals surface area contributed by atoms with Crippen LogP contribution in [0, 0.1) is 11.3 Å². The second-order valence-electron chi connectivity index (χ2n) is 6.64. The molecule has 2 N–H and O–H groups in total. The Kier molecular flexibility index (Phi) is 6.46. The number of hydrogen-bond donors (Lipinski definition) is 2. The average molecular weight is 284 g/mol.